The largest absolute Gasteiger partial charge is 0.328 e. The Bertz CT molecular complexity index is 571. The summed E-state index contributed by atoms with van der Waals surface area (Å²) < 4.78 is 2.40. The number of para-hydroxylation sites is 2. The third-order valence-corrected chi connectivity index (χ3v) is 4.14. The SMILES string of the molecule is CCCn1c(CC(C)C(C)NC(C)C)nc2ccccc21. The second-order valence-electron chi connectivity index (χ2n) is 6.46. The number of hydrogen-bond donors (Lipinski definition) is 1. The normalized spacial score (nSPS) is 14.8. The second kappa shape index (κ2) is 7.08. The lowest BCUT2D eigenvalue weighted by atomic mass is 9.98. The number of aryl methyl sites for hydroxylation is 1. The summed E-state index contributed by atoms with van der Waals surface area (Å²) >= 11 is 0. The van der Waals surface area contributed by atoms with Crippen molar-refractivity contribution >= 4 is 11.0 Å². The predicted octanol–water partition coefficient (Wildman–Crippen LogP) is 4.01. The number of benzene rings is 1. The molecule has 0 aliphatic heterocycles. The van der Waals surface area contributed by atoms with Gasteiger partial charge in [0, 0.05) is 25.0 Å². The average Bonchev–Trinajstić information content (AvgIpc) is 2.76. The third-order valence-electron chi connectivity index (χ3n) is 4.14. The van der Waals surface area contributed by atoms with Gasteiger partial charge < -0.3 is 9.88 Å². The summed E-state index contributed by atoms with van der Waals surface area (Å²) in [5, 5.41) is 3.61. The van der Waals surface area contributed by atoms with Gasteiger partial charge in [0.05, 0.1) is 11.0 Å². The number of nitrogens with zero attached hydrogens (tertiary/aromatic N) is 2. The van der Waals surface area contributed by atoms with Crippen LogP contribution in [0.2, 0.25) is 0 Å². The fraction of sp³-hybridized carbons (Fsp3) is 0.611. The minimum absolute atomic E-state index is 0.500. The Balaban J connectivity index is 2.22. The van der Waals surface area contributed by atoms with E-state index in [1.165, 1.54) is 11.3 Å². The number of rotatable bonds is 7. The van der Waals surface area contributed by atoms with Crippen molar-refractivity contribution in [3.8, 4) is 0 Å². The summed E-state index contributed by atoms with van der Waals surface area (Å²) in [6.45, 7) is 12.3. The fourth-order valence-electron chi connectivity index (χ4n) is 2.91. The number of nitrogens with one attached hydrogen (secondary N) is 1. The van der Waals surface area contributed by atoms with E-state index in [2.05, 4.69) is 68.8 Å². The van der Waals surface area contributed by atoms with Gasteiger partial charge in [0.15, 0.2) is 0 Å². The topological polar surface area (TPSA) is 29.9 Å². The summed E-state index contributed by atoms with van der Waals surface area (Å²) in [6, 6.07) is 9.50. The van der Waals surface area contributed by atoms with Gasteiger partial charge in [0.1, 0.15) is 5.82 Å². The van der Waals surface area contributed by atoms with Crippen molar-refractivity contribution in [2.45, 2.75) is 66.1 Å². The highest BCUT2D eigenvalue weighted by Gasteiger charge is 2.17. The van der Waals surface area contributed by atoms with Gasteiger partial charge in [-0.25, -0.2) is 4.98 Å². The van der Waals surface area contributed by atoms with Crippen LogP contribution in [0.5, 0.6) is 0 Å². The lowest BCUT2D eigenvalue weighted by Crippen LogP contribution is -2.38. The van der Waals surface area contributed by atoms with Gasteiger partial charge in [-0.1, -0.05) is 39.8 Å². The summed E-state index contributed by atoms with van der Waals surface area (Å²) in [5.74, 6) is 1.79. The highest BCUT2D eigenvalue weighted by molar-refractivity contribution is 5.75. The van der Waals surface area contributed by atoms with E-state index in [9.17, 15) is 0 Å². The van der Waals surface area contributed by atoms with Crippen molar-refractivity contribution in [1.29, 1.82) is 0 Å². The molecule has 0 fully saturated rings. The average molecular weight is 287 g/mol. The van der Waals surface area contributed by atoms with Crippen LogP contribution in [0.25, 0.3) is 11.0 Å². The first kappa shape index (κ1) is 16.0. The van der Waals surface area contributed by atoms with E-state index in [1.54, 1.807) is 0 Å². The van der Waals surface area contributed by atoms with Gasteiger partial charge >= 0.3 is 0 Å². The number of fused-ring (bicyclic) bond motifs is 1. The molecule has 0 aliphatic rings. The molecular formula is C18H29N3. The van der Waals surface area contributed by atoms with Crippen molar-refractivity contribution in [2.75, 3.05) is 0 Å². The smallest absolute Gasteiger partial charge is 0.110 e. The van der Waals surface area contributed by atoms with E-state index in [4.69, 9.17) is 4.98 Å². The molecule has 2 aromatic rings. The van der Waals surface area contributed by atoms with Crippen LogP contribution < -0.4 is 5.32 Å². The van der Waals surface area contributed by atoms with E-state index in [0.29, 0.717) is 18.0 Å². The van der Waals surface area contributed by atoms with Crippen LogP contribution >= 0.6 is 0 Å². The van der Waals surface area contributed by atoms with E-state index >= 15 is 0 Å². The van der Waals surface area contributed by atoms with Crippen LogP contribution in [0, 0.1) is 5.92 Å². The molecule has 1 heterocycles. The molecule has 2 rings (SSSR count). The first-order valence-electron chi connectivity index (χ1n) is 8.23. The quantitative estimate of drug-likeness (QED) is 0.834. The standard InChI is InChI=1S/C18H29N3/c1-6-11-21-17-10-8-7-9-16(17)20-18(21)12-14(4)15(5)19-13(2)3/h7-10,13-15,19H,6,11-12H2,1-5H3. The van der Waals surface area contributed by atoms with E-state index in [-0.39, 0.29) is 0 Å². The Morgan fingerprint density at radius 1 is 1.14 bits per heavy atom. The monoisotopic (exact) mass is 287 g/mol. The van der Waals surface area contributed by atoms with Crippen molar-refractivity contribution < 1.29 is 0 Å². The fourth-order valence-corrected chi connectivity index (χ4v) is 2.91. The molecule has 116 valence electrons. The lowest BCUT2D eigenvalue weighted by Gasteiger charge is -2.23. The molecule has 0 spiro atoms. The van der Waals surface area contributed by atoms with E-state index < -0.39 is 0 Å². The van der Waals surface area contributed by atoms with Crippen LogP contribution in [0.3, 0.4) is 0 Å². The van der Waals surface area contributed by atoms with Crippen molar-refractivity contribution in [3.63, 3.8) is 0 Å². The van der Waals surface area contributed by atoms with Gasteiger partial charge in [-0.05, 0) is 31.4 Å². The lowest BCUT2D eigenvalue weighted by molar-refractivity contribution is 0.364. The molecule has 0 bridgehead atoms. The molecule has 2 atom stereocenters. The highest BCUT2D eigenvalue weighted by atomic mass is 15.1. The minimum Gasteiger partial charge on any atom is -0.328 e. The summed E-state index contributed by atoms with van der Waals surface area (Å²) in [5.41, 5.74) is 2.39. The van der Waals surface area contributed by atoms with Crippen molar-refractivity contribution in [1.82, 2.24) is 14.9 Å². The maximum atomic E-state index is 4.87. The summed E-state index contributed by atoms with van der Waals surface area (Å²) in [4.78, 5) is 4.87. The zero-order valence-corrected chi connectivity index (χ0v) is 14.1. The Labute approximate surface area is 128 Å². The molecule has 0 radical (unpaired) electrons. The zero-order chi connectivity index (χ0) is 15.4. The molecular weight excluding hydrogens is 258 g/mol. The van der Waals surface area contributed by atoms with Gasteiger partial charge in [0.2, 0.25) is 0 Å². The molecule has 0 saturated carbocycles. The minimum atomic E-state index is 0.500. The van der Waals surface area contributed by atoms with Crippen LogP contribution in [0.15, 0.2) is 24.3 Å². The first-order valence-corrected chi connectivity index (χ1v) is 8.23. The molecule has 3 heteroatoms. The summed E-state index contributed by atoms with van der Waals surface area (Å²) in [7, 11) is 0. The molecule has 1 aromatic carbocycles. The summed E-state index contributed by atoms with van der Waals surface area (Å²) in [6.07, 6.45) is 2.16. The number of aromatic nitrogens is 2. The third kappa shape index (κ3) is 3.85. The van der Waals surface area contributed by atoms with Crippen LogP contribution in [-0.2, 0) is 13.0 Å². The maximum Gasteiger partial charge on any atom is 0.110 e. The zero-order valence-electron chi connectivity index (χ0n) is 14.1. The molecule has 3 nitrogen and oxygen atoms in total. The van der Waals surface area contributed by atoms with Crippen molar-refractivity contribution in [3.05, 3.63) is 30.1 Å². The maximum absolute atomic E-state index is 4.87. The van der Waals surface area contributed by atoms with E-state index in [0.717, 1.165) is 24.9 Å². The van der Waals surface area contributed by atoms with E-state index in [1.807, 2.05) is 0 Å². The van der Waals surface area contributed by atoms with Crippen LogP contribution in [-0.4, -0.2) is 21.6 Å². The van der Waals surface area contributed by atoms with Gasteiger partial charge in [0.25, 0.3) is 0 Å². The van der Waals surface area contributed by atoms with Gasteiger partial charge in [-0.15, -0.1) is 0 Å². The molecule has 2 unspecified atom stereocenters. The van der Waals surface area contributed by atoms with Crippen molar-refractivity contribution in [2.24, 2.45) is 5.92 Å². The Morgan fingerprint density at radius 3 is 2.52 bits per heavy atom. The molecule has 0 aliphatic carbocycles. The molecule has 21 heavy (non-hydrogen) atoms. The number of hydrogen-bond acceptors (Lipinski definition) is 2. The van der Waals surface area contributed by atoms with Gasteiger partial charge in [-0.2, -0.15) is 0 Å². The van der Waals surface area contributed by atoms with Crippen LogP contribution in [0.4, 0.5) is 0 Å². The van der Waals surface area contributed by atoms with Gasteiger partial charge in [-0.3, -0.25) is 0 Å². The molecule has 0 saturated heterocycles. The molecule has 1 aromatic heterocycles. The second-order valence-corrected chi connectivity index (χ2v) is 6.46. The Hall–Kier alpha value is -1.35. The van der Waals surface area contributed by atoms with Crippen LogP contribution in [0.1, 0.15) is 46.9 Å². The molecule has 0 amide bonds. The first-order chi connectivity index (χ1) is 10.0. The highest BCUT2D eigenvalue weighted by Crippen LogP contribution is 2.20. The number of imidazole rings is 1. The Kier molecular flexibility index (Phi) is 5.40. The predicted molar refractivity (Wildman–Crippen MR) is 90.6 cm³/mol. The molecule has 1 N–H and O–H groups in total. The Morgan fingerprint density at radius 2 is 1.86 bits per heavy atom.